The standard InChI is InChI=1S/C14H18N4O/c1-15-8-4-7-14(19)17-12-5-2-3-6-13(12)18-10-9-16-11-18/h2-3,5-6,9-11,15H,4,7-8H2,1H3,(H,17,19). The largest absolute Gasteiger partial charge is 0.324 e. The summed E-state index contributed by atoms with van der Waals surface area (Å²) in [6, 6.07) is 7.69. The zero-order chi connectivity index (χ0) is 13.5. The predicted molar refractivity (Wildman–Crippen MR) is 75.4 cm³/mol. The Morgan fingerprint density at radius 1 is 1.37 bits per heavy atom. The van der Waals surface area contributed by atoms with Gasteiger partial charge >= 0.3 is 0 Å². The van der Waals surface area contributed by atoms with E-state index < -0.39 is 0 Å². The molecule has 1 aromatic heterocycles. The second-order valence-electron chi connectivity index (χ2n) is 4.24. The Morgan fingerprint density at radius 3 is 2.95 bits per heavy atom. The molecule has 0 radical (unpaired) electrons. The Hall–Kier alpha value is -2.14. The summed E-state index contributed by atoms with van der Waals surface area (Å²) in [7, 11) is 1.88. The monoisotopic (exact) mass is 258 g/mol. The number of anilines is 1. The lowest BCUT2D eigenvalue weighted by molar-refractivity contribution is -0.116. The molecule has 0 aliphatic carbocycles. The lowest BCUT2D eigenvalue weighted by Gasteiger charge is -2.11. The highest BCUT2D eigenvalue weighted by Gasteiger charge is 2.07. The Balaban J connectivity index is 2.06. The molecule has 1 heterocycles. The Labute approximate surface area is 112 Å². The van der Waals surface area contributed by atoms with Gasteiger partial charge < -0.3 is 15.2 Å². The number of imidazole rings is 1. The number of nitrogens with zero attached hydrogens (tertiary/aromatic N) is 2. The zero-order valence-corrected chi connectivity index (χ0v) is 11.0. The average Bonchev–Trinajstić information content (AvgIpc) is 2.93. The third-order valence-corrected chi connectivity index (χ3v) is 2.79. The highest BCUT2D eigenvalue weighted by molar-refractivity contribution is 5.92. The topological polar surface area (TPSA) is 59.0 Å². The smallest absolute Gasteiger partial charge is 0.224 e. The number of benzene rings is 1. The summed E-state index contributed by atoms with van der Waals surface area (Å²) < 4.78 is 1.88. The molecule has 2 aromatic rings. The van der Waals surface area contributed by atoms with Crippen LogP contribution in [-0.4, -0.2) is 29.1 Å². The van der Waals surface area contributed by atoms with E-state index in [1.807, 2.05) is 42.1 Å². The molecule has 0 saturated heterocycles. The number of hydrogen-bond donors (Lipinski definition) is 2. The molecule has 2 rings (SSSR count). The fraction of sp³-hybridized carbons (Fsp3) is 0.286. The van der Waals surface area contributed by atoms with Crippen LogP contribution in [0.1, 0.15) is 12.8 Å². The van der Waals surface area contributed by atoms with E-state index in [1.165, 1.54) is 0 Å². The van der Waals surface area contributed by atoms with Crippen LogP contribution in [0.15, 0.2) is 43.0 Å². The zero-order valence-electron chi connectivity index (χ0n) is 11.0. The molecule has 0 saturated carbocycles. The molecule has 0 fully saturated rings. The minimum atomic E-state index is 0.0304. The molecule has 1 aromatic carbocycles. The molecule has 2 N–H and O–H groups in total. The SMILES string of the molecule is CNCCCC(=O)Nc1ccccc1-n1ccnc1. The highest BCUT2D eigenvalue weighted by Crippen LogP contribution is 2.19. The minimum absolute atomic E-state index is 0.0304. The summed E-state index contributed by atoms with van der Waals surface area (Å²) in [6.45, 7) is 0.844. The second kappa shape index (κ2) is 6.70. The van der Waals surface area contributed by atoms with Gasteiger partial charge in [0.2, 0.25) is 5.91 Å². The van der Waals surface area contributed by atoms with Crippen LogP contribution < -0.4 is 10.6 Å². The van der Waals surface area contributed by atoms with Crippen molar-refractivity contribution in [1.82, 2.24) is 14.9 Å². The van der Waals surface area contributed by atoms with Crippen LogP contribution in [0, 0.1) is 0 Å². The van der Waals surface area contributed by atoms with E-state index in [9.17, 15) is 4.79 Å². The molecule has 5 heteroatoms. The molecular weight excluding hydrogens is 240 g/mol. The summed E-state index contributed by atoms with van der Waals surface area (Å²) in [4.78, 5) is 15.9. The number of hydrogen-bond acceptors (Lipinski definition) is 3. The van der Waals surface area contributed by atoms with Crippen LogP contribution in [0.3, 0.4) is 0 Å². The van der Waals surface area contributed by atoms with Gasteiger partial charge in [0.25, 0.3) is 0 Å². The fourth-order valence-corrected chi connectivity index (χ4v) is 1.84. The number of para-hydroxylation sites is 2. The second-order valence-corrected chi connectivity index (χ2v) is 4.24. The summed E-state index contributed by atoms with van der Waals surface area (Å²) in [5.41, 5.74) is 1.72. The minimum Gasteiger partial charge on any atom is -0.324 e. The van der Waals surface area contributed by atoms with E-state index in [1.54, 1.807) is 12.5 Å². The van der Waals surface area contributed by atoms with E-state index in [0.29, 0.717) is 6.42 Å². The van der Waals surface area contributed by atoms with Gasteiger partial charge in [0, 0.05) is 18.8 Å². The Bertz CT molecular complexity index is 522. The van der Waals surface area contributed by atoms with Crippen LogP contribution in [-0.2, 0) is 4.79 Å². The van der Waals surface area contributed by atoms with Gasteiger partial charge in [-0.25, -0.2) is 4.98 Å². The maximum atomic E-state index is 11.8. The lowest BCUT2D eigenvalue weighted by atomic mass is 10.2. The summed E-state index contributed by atoms with van der Waals surface area (Å²) >= 11 is 0. The summed E-state index contributed by atoms with van der Waals surface area (Å²) in [6.07, 6.45) is 6.62. The normalized spacial score (nSPS) is 10.4. The molecule has 0 aliphatic heterocycles. The van der Waals surface area contributed by atoms with Crippen molar-refractivity contribution in [2.75, 3.05) is 18.9 Å². The van der Waals surface area contributed by atoms with Gasteiger partial charge in [0.05, 0.1) is 17.7 Å². The molecule has 0 spiro atoms. The van der Waals surface area contributed by atoms with E-state index in [0.717, 1.165) is 24.3 Å². The first-order valence-corrected chi connectivity index (χ1v) is 6.33. The highest BCUT2D eigenvalue weighted by atomic mass is 16.1. The van der Waals surface area contributed by atoms with Gasteiger partial charge in [-0.3, -0.25) is 4.79 Å². The van der Waals surface area contributed by atoms with Crippen molar-refractivity contribution < 1.29 is 4.79 Å². The molecule has 0 aliphatic rings. The van der Waals surface area contributed by atoms with Crippen molar-refractivity contribution in [1.29, 1.82) is 0 Å². The molecule has 0 unspecified atom stereocenters. The van der Waals surface area contributed by atoms with Gasteiger partial charge in [0.15, 0.2) is 0 Å². The third kappa shape index (κ3) is 3.66. The van der Waals surface area contributed by atoms with Crippen molar-refractivity contribution >= 4 is 11.6 Å². The maximum absolute atomic E-state index is 11.8. The molecule has 19 heavy (non-hydrogen) atoms. The maximum Gasteiger partial charge on any atom is 0.224 e. The van der Waals surface area contributed by atoms with Crippen LogP contribution in [0.4, 0.5) is 5.69 Å². The van der Waals surface area contributed by atoms with Crippen molar-refractivity contribution in [3.05, 3.63) is 43.0 Å². The van der Waals surface area contributed by atoms with Gasteiger partial charge in [-0.05, 0) is 32.1 Å². The molecule has 0 atom stereocenters. The lowest BCUT2D eigenvalue weighted by Crippen LogP contribution is -2.16. The number of carbonyl (C=O) groups is 1. The van der Waals surface area contributed by atoms with Crippen LogP contribution >= 0.6 is 0 Å². The molecule has 1 amide bonds. The van der Waals surface area contributed by atoms with E-state index in [4.69, 9.17) is 0 Å². The molecule has 0 bridgehead atoms. The van der Waals surface area contributed by atoms with E-state index >= 15 is 0 Å². The van der Waals surface area contributed by atoms with Crippen molar-refractivity contribution in [3.63, 3.8) is 0 Å². The van der Waals surface area contributed by atoms with Crippen molar-refractivity contribution in [2.45, 2.75) is 12.8 Å². The van der Waals surface area contributed by atoms with Crippen molar-refractivity contribution in [3.8, 4) is 5.69 Å². The first-order valence-electron chi connectivity index (χ1n) is 6.33. The van der Waals surface area contributed by atoms with E-state index in [-0.39, 0.29) is 5.91 Å². The summed E-state index contributed by atoms with van der Waals surface area (Å²) in [5, 5.41) is 5.97. The molecule has 5 nitrogen and oxygen atoms in total. The van der Waals surface area contributed by atoms with Crippen molar-refractivity contribution in [2.24, 2.45) is 0 Å². The number of aromatic nitrogens is 2. The average molecular weight is 258 g/mol. The first kappa shape index (κ1) is 13.3. The van der Waals surface area contributed by atoms with Gasteiger partial charge in [-0.2, -0.15) is 0 Å². The Morgan fingerprint density at radius 2 is 2.21 bits per heavy atom. The third-order valence-electron chi connectivity index (χ3n) is 2.79. The van der Waals surface area contributed by atoms with Crippen LogP contribution in [0.2, 0.25) is 0 Å². The predicted octanol–water partition coefficient (Wildman–Crippen LogP) is 1.81. The quantitative estimate of drug-likeness (QED) is 0.777. The van der Waals surface area contributed by atoms with Gasteiger partial charge in [-0.15, -0.1) is 0 Å². The fourth-order valence-electron chi connectivity index (χ4n) is 1.84. The number of amides is 1. The molecular formula is C14H18N4O. The van der Waals surface area contributed by atoms with Crippen LogP contribution in [0.5, 0.6) is 0 Å². The molecule has 100 valence electrons. The Kier molecular flexibility index (Phi) is 4.69. The summed E-state index contributed by atoms with van der Waals surface area (Å²) in [5.74, 6) is 0.0304. The van der Waals surface area contributed by atoms with E-state index in [2.05, 4.69) is 15.6 Å². The first-order chi connectivity index (χ1) is 9.31. The number of nitrogens with one attached hydrogen (secondary N) is 2. The van der Waals surface area contributed by atoms with Gasteiger partial charge in [-0.1, -0.05) is 12.1 Å². The van der Waals surface area contributed by atoms with Gasteiger partial charge in [0.1, 0.15) is 0 Å². The number of rotatable bonds is 6. The van der Waals surface area contributed by atoms with Crippen LogP contribution in [0.25, 0.3) is 5.69 Å². The number of carbonyl (C=O) groups excluding carboxylic acids is 1.